The summed E-state index contributed by atoms with van der Waals surface area (Å²) in [5, 5.41) is 6.46. The lowest BCUT2D eigenvalue weighted by atomic mass is 9.91. The first-order valence-corrected chi connectivity index (χ1v) is 13.7. The van der Waals surface area contributed by atoms with E-state index < -0.39 is 21.2 Å². The van der Waals surface area contributed by atoms with E-state index in [2.05, 4.69) is 21.4 Å². The molecular weight excluding hydrogens is 460 g/mol. The summed E-state index contributed by atoms with van der Waals surface area (Å²) in [7, 11) is -3.75. The van der Waals surface area contributed by atoms with Crippen LogP contribution >= 0.6 is 11.8 Å². The topological polar surface area (TPSA) is 99.8 Å². The Labute approximate surface area is 202 Å². The minimum Gasteiger partial charge on any atom is -0.447 e. The third-order valence-electron chi connectivity index (χ3n) is 5.20. The van der Waals surface area contributed by atoms with Gasteiger partial charge in [-0.15, -0.1) is 0 Å². The molecule has 1 radical (unpaired) electrons. The number of hydrogen-bond donors (Lipinski definition) is 3. The Bertz CT molecular complexity index is 937. The lowest BCUT2D eigenvalue weighted by Gasteiger charge is -2.34. The number of amides is 1. The van der Waals surface area contributed by atoms with Gasteiger partial charge in [0.25, 0.3) is 0 Å². The molecule has 1 amide bonds. The summed E-state index contributed by atoms with van der Waals surface area (Å²) in [5.74, 6) is 0. The molecule has 1 saturated carbocycles. The number of hydrogen-bond acceptors (Lipinski definition) is 6. The highest BCUT2D eigenvalue weighted by Gasteiger charge is 2.38. The van der Waals surface area contributed by atoms with Crippen LogP contribution in [-0.2, 0) is 14.9 Å². The number of alkyl carbamates (subject to hydrolysis) is 1. The second-order valence-corrected chi connectivity index (χ2v) is 12.5. The van der Waals surface area contributed by atoms with E-state index in [0.717, 1.165) is 36.2 Å². The average Bonchev–Trinajstić information content (AvgIpc) is 3.13. The summed E-state index contributed by atoms with van der Waals surface area (Å²) in [5.41, 5.74) is -0.0965. The van der Waals surface area contributed by atoms with Gasteiger partial charge in [0.2, 0.25) is 0 Å². The lowest BCUT2D eigenvalue weighted by Crippen LogP contribution is -2.54. The van der Waals surface area contributed by atoms with Gasteiger partial charge in [-0.1, -0.05) is 36.0 Å². The number of thioether (sulfide) groups is 1. The van der Waals surface area contributed by atoms with Gasteiger partial charge in [-0.05, 0) is 71.9 Å². The molecule has 0 spiro atoms. The summed E-state index contributed by atoms with van der Waals surface area (Å²) in [4.78, 5) is 12.8. The molecule has 0 aromatic heterocycles. The van der Waals surface area contributed by atoms with Crippen LogP contribution in [0.5, 0.6) is 0 Å². The first kappa shape index (κ1) is 25.9. The van der Waals surface area contributed by atoms with Gasteiger partial charge in [-0.25, -0.2) is 9.10 Å². The van der Waals surface area contributed by atoms with E-state index in [9.17, 15) is 13.2 Å². The molecule has 10 heteroatoms. The minimum atomic E-state index is -3.75. The van der Waals surface area contributed by atoms with Crippen molar-refractivity contribution in [1.82, 2.24) is 19.7 Å². The van der Waals surface area contributed by atoms with Crippen LogP contribution in [0.2, 0.25) is 0 Å². The quantitative estimate of drug-likeness (QED) is 0.532. The lowest BCUT2D eigenvalue weighted by molar-refractivity contribution is 0.109. The fourth-order valence-corrected chi connectivity index (χ4v) is 6.93. The Kier molecular flexibility index (Phi) is 8.36. The number of ether oxygens (including phenoxy) is 1. The molecule has 8 nitrogen and oxygen atoms in total. The van der Waals surface area contributed by atoms with Crippen molar-refractivity contribution in [3.8, 4) is 0 Å². The zero-order valence-electron chi connectivity index (χ0n) is 19.9. The maximum absolute atomic E-state index is 13.2. The predicted octanol–water partition coefficient (Wildman–Crippen LogP) is 3.79. The highest BCUT2D eigenvalue weighted by Crippen LogP contribution is 2.40. The van der Waals surface area contributed by atoms with Crippen LogP contribution in [0, 0.1) is 6.07 Å². The van der Waals surface area contributed by atoms with Crippen LogP contribution < -0.4 is 15.4 Å². The highest BCUT2D eigenvalue weighted by atomic mass is 32.2. The maximum atomic E-state index is 13.2. The molecule has 3 N–H and O–H groups in total. The van der Waals surface area contributed by atoms with Gasteiger partial charge in [-0.2, -0.15) is 13.1 Å². The first-order valence-electron chi connectivity index (χ1n) is 11.3. The maximum Gasteiger partial charge on any atom is 0.407 e. The van der Waals surface area contributed by atoms with Crippen LogP contribution in [-0.4, -0.2) is 48.0 Å². The van der Waals surface area contributed by atoms with Gasteiger partial charge < -0.3 is 10.1 Å². The van der Waals surface area contributed by atoms with Crippen molar-refractivity contribution in [3.05, 3.63) is 42.1 Å². The van der Waals surface area contributed by atoms with E-state index in [1.165, 1.54) is 16.1 Å². The molecule has 1 unspecified atom stereocenters. The summed E-state index contributed by atoms with van der Waals surface area (Å²) in [6.45, 7) is 9.12. The normalized spacial score (nSPS) is 24.0. The van der Waals surface area contributed by atoms with Gasteiger partial charge in [0.15, 0.2) is 0 Å². The summed E-state index contributed by atoms with van der Waals surface area (Å²) in [6, 6.07) is 10.7. The van der Waals surface area contributed by atoms with Crippen LogP contribution in [0.3, 0.4) is 0 Å². The smallest absolute Gasteiger partial charge is 0.407 e. The molecule has 0 bridgehead atoms. The van der Waals surface area contributed by atoms with Crippen molar-refractivity contribution < 1.29 is 17.9 Å². The predicted molar refractivity (Wildman–Crippen MR) is 132 cm³/mol. The van der Waals surface area contributed by atoms with Gasteiger partial charge in [0.1, 0.15) is 5.50 Å². The van der Waals surface area contributed by atoms with Crippen LogP contribution in [0.25, 0.3) is 4.91 Å². The van der Waals surface area contributed by atoms with Crippen molar-refractivity contribution in [2.45, 2.75) is 89.5 Å². The third kappa shape index (κ3) is 7.63. The second kappa shape index (κ2) is 10.7. The molecule has 0 saturated heterocycles. The van der Waals surface area contributed by atoms with Gasteiger partial charge >= 0.3 is 16.3 Å². The molecule has 1 atom stereocenters. The first-order chi connectivity index (χ1) is 15.4. The molecular formula is C23H35N4O4S2. The van der Waals surface area contributed by atoms with Gasteiger partial charge in [0.05, 0.1) is 6.10 Å². The molecule has 1 fully saturated rings. The fraction of sp³-hybridized carbons (Fsp3) is 0.609. The Morgan fingerprint density at radius 3 is 2.33 bits per heavy atom. The number of carbonyl (C=O) groups is 1. The van der Waals surface area contributed by atoms with E-state index in [1.807, 2.05) is 58.9 Å². The molecule has 1 aromatic rings. The van der Waals surface area contributed by atoms with E-state index in [0.29, 0.717) is 0 Å². The highest BCUT2D eigenvalue weighted by molar-refractivity contribution is 8.09. The van der Waals surface area contributed by atoms with Crippen molar-refractivity contribution in [3.63, 3.8) is 0 Å². The monoisotopic (exact) mass is 495 g/mol. The summed E-state index contributed by atoms with van der Waals surface area (Å²) in [6.07, 6.45) is 4.45. The Balaban J connectivity index is 1.66. The molecule has 1 aromatic carbocycles. The fourth-order valence-electron chi connectivity index (χ4n) is 3.84. The van der Waals surface area contributed by atoms with Crippen molar-refractivity contribution in [1.29, 1.82) is 0 Å². The average molecular weight is 496 g/mol. The van der Waals surface area contributed by atoms with E-state index in [1.54, 1.807) is 6.20 Å². The van der Waals surface area contributed by atoms with Gasteiger partial charge in [0, 0.05) is 28.7 Å². The van der Waals surface area contributed by atoms with Crippen LogP contribution in [0.15, 0.2) is 30.5 Å². The Morgan fingerprint density at radius 2 is 1.76 bits per heavy atom. The summed E-state index contributed by atoms with van der Waals surface area (Å²) >= 11 is 1.49. The SMILES string of the molecule is CC(C)OC(=O)NC1CCC(NC2SC(c3cc[c]cc3)=CN2S(=O)(=O)NC(C)(C)C)CC1. The zero-order valence-corrected chi connectivity index (χ0v) is 21.6. The van der Waals surface area contributed by atoms with E-state index >= 15 is 0 Å². The largest absolute Gasteiger partial charge is 0.447 e. The Hall–Kier alpha value is -1.75. The van der Waals surface area contributed by atoms with Gasteiger partial charge in [-0.3, -0.25) is 5.32 Å². The molecule has 183 valence electrons. The van der Waals surface area contributed by atoms with Crippen molar-refractivity contribution in [2.75, 3.05) is 0 Å². The van der Waals surface area contributed by atoms with Crippen molar-refractivity contribution in [2.24, 2.45) is 0 Å². The summed E-state index contributed by atoms with van der Waals surface area (Å²) < 4.78 is 35.7. The van der Waals surface area contributed by atoms with E-state index in [4.69, 9.17) is 4.74 Å². The number of carbonyl (C=O) groups excluding carboxylic acids is 1. The van der Waals surface area contributed by atoms with Crippen molar-refractivity contribution >= 4 is 33.0 Å². The minimum absolute atomic E-state index is 0.0715. The molecule has 3 rings (SSSR count). The molecule has 1 aliphatic carbocycles. The molecule has 2 aliphatic rings. The van der Waals surface area contributed by atoms with E-state index in [-0.39, 0.29) is 24.3 Å². The molecule has 33 heavy (non-hydrogen) atoms. The number of nitrogens with zero attached hydrogens (tertiary/aromatic N) is 1. The third-order valence-corrected chi connectivity index (χ3v) is 8.26. The number of benzene rings is 1. The molecule has 1 aliphatic heterocycles. The number of nitrogens with one attached hydrogen (secondary N) is 3. The number of rotatable bonds is 7. The second-order valence-electron chi connectivity index (χ2n) is 9.75. The van der Waals surface area contributed by atoms with Crippen LogP contribution in [0.1, 0.15) is 65.9 Å². The van der Waals surface area contributed by atoms with Crippen LogP contribution in [0.4, 0.5) is 4.79 Å². The zero-order chi connectivity index (χ0) is 24.2. The molecule has 1 heterocycles. The Morgan fingerprint density at radius 1 is 1.15 bits per heavy atom. The standard InChI is InChI=1S/C23H35N4O4S2/c1-16(2)31-22(28)25-19-13-11-18(12-14-19)24-21-27(33(29,30)26-23(3,4)5)15-20(32-21)17-9-7-6-8-10-17/h7-10,15-16,18-19,21,24,26H,11-14H2,1-5H3,(H,25,28).